The maximum absolute atomic E-state index is 12.2. The number of aryl methyl sites for hydroxylation is 1. The molecule has 0 aliphatic carbocycles. The number of nitrogens with zero attached hydrogens (tertiary/aromatic N) is 3. The largest absolute Gasteiger partial charge is 0.467 e. The number of amides is 2. The Labute approximate surface area is 141 Å². The third-order valence-electron chi connectivity index (χ3n) is 2.60. The Morgan fingerprint density at radius 1 is 1.25 bits per heavy atom. The number of ketones is 1. The van der Waals surface area contributed by atoms with Crippen molar-refractivity contribution < 1.29 is 22.7 Å². The number of carbonyl (C=O) groups is 2. The number of hydrogen-bond acceptors (Lipinski definition) is 9. The van der Waals surface area contributed by atoms with Gasteiger partial charge in [0.1, 0.15) is 10.7 Å². The summed E-state index contributed by atoms with van der Waals surface area (Å²) < 4.78 is 31.1. The Bertz CT molecular complexity index is 893. The third kappa shape index (κ3) is 4.02. The van der Waals surface area contributed by atoms with E-state index in [0.717, 1.165) is 11.3 Å². The predicted molar refractivity (Wildman–Crippen MR) is 84.8 cm³/mol. The first-order chi connectivity index (χ1) is 11.2. The molecule has 2 N–H and O–H groups in total. The Hall–Kier alpha value is -2.60. The van der Waals surface area contributed by atoms with Gasteiger partial charge in [0.15, 0.2) is 5.78 Å². The van der Waals surface area contributed by atoms with Crippen molar-refractivity contribution in [2.24, 2.45) is 0 Å². The topological polar surface area (TPSA) is 140 Å². The van der Waals surface area contributed by atoms with E-state index in [0.29, 0.717) is 0 Å². The SMILES string of the molecule is COc1nc(C)nc(NC(=O)NS(=O)(=O)c2ccsc2C(C)=O)n1. The Kier molecular flexibility index (Phi) is 5.09. The fraction of sp³-hybridized carbons (Fsp3) is 0.250. The van der Waals surface area contributed by atoms with Crippen molar-refractivity contribution in [3.05, 3.63) is 22.1 Å². The summed E-state index contributed by atoms with van der Waals surface area (Å²) in [6.45, 7) is 2.79. The van der Waals surface area contributed by atoms with Gasteiger partial charge in [-0.2, -0.15) is 15.0 Å². The maximum Gasteiger partial charge on any atom is 0.335 e. The molecule has 0 saturated carbocycles. The van der Waals surface area contributed by atoms with E-state index in [-0.39, 0.29) is 27.6 Å². The number of nitrogens with one attached hydrogen (secondary N) is 2. The molecular weight excluding hydrogens is 358 g/mol. The quantitative estimate of drug-likeness (QED) is 0.741. The molecule has 0 saturated heterocycles. The van der Waals surface area contributed by atoms with Gasteiger partial charge < -0.3 is 4.74 Å². The number of urea groups is 1. The molecule has 2 amide bonds. The van der Waals surface area contributed by atoms with Gasteiger partial charge in [0.25, 0.3) is 10.0 Å². The fourth-order valence-corrected chi connectivity index (χ4v) is 3.96. The van der Waals surface area contributed by atoms with Crippen molar-refractivity contribution in [3.63, 3.8) is 0 Å². The number of methoxy groups -OCH3 is 1. The molecule has 0 atom stereocenters. The average molecular weight is 371 g/mol. The van der Waals surface area contributed by atoms with Gasteiger partial charge in [0.05, 0.1) is 12.0 Å². The lowest BCUT2D eigenvalue weighted by atomic mass is 10.4. The predicted octanol–water partition coefficient (Wildman–Crippen LogP) is 0.963. The van der Waals surface area contributed by atoms with Gasteiger partial charge in [-0.15, -0.1) is 11.3 Å². The molecule has 2 heterocycles. The van der Waals surface area contributed by atoms with Crippen molar-refractivity contribution >= 4 is 39.1 Å². The molecule has 0 aromatic carbocycles. The van der Waals surface area contributed by atoms with E-state index in [1.54, 1.807) is 11.6 Å². The van der Waals surface area contributed by atoms with Crippen molar-refractivity contribution in [2.75, 3.05) is 12.4 Å². The highest BCUT2D eigenvalue weighted by Crippen LogP contribution is 2.22. The van der Waals surface area contributed by atoms with Crippen LogP contribution in [0.5, 0.6) is 6.01 Å². The molecule has 10 nitrogen and oxygen atoms in total. The smallest absolute Gasteiger partial charge is 0.335 e. The molecule has 0 fully saturated rings. The summed E-state index contributed by atoms with van der Waals surface area (Å²) in [5, 5.41) is 3.62. The van der Waals surface area contributed by atoms with Crippen LogP contribution in [0.1, 0.15) is 22.4 Å². The summed E-state index contributed by atoms with van der Waals surface area (Å²) in [5.41, 5.74) is 0. The number of thiophene rings is 1. The summed E-state index contributed by atoms with van der Waals surface area (Å²) in [5.74, 6) is -0.315. The number of ether oxygens (including phenoxy) is 1. The van der Waals surface area contributed by atoms with Crippen LogP contribution in [-0.2, 0) is 10.0 Å². The normalized spacial score (nSPS) is 11.0. The minimum Gasteiger partial charge on any atom is -0.467 e. The summed E-state index contributed by atoms with van der Waals surface area (Å²) in [4.78, 5) is 34.5. The second-order valence-corrected chi connectivity index (χ2v) is 6.99. The number of carbonyl (C=O) groups excluding carboxylic acids is 2. The standard InChI is InChI=1S/C12H13N5O5S2/c1-6(18)9-8(4-5-23-9)24(20,21)17-11(19)15-10-13-7(2)14-12(16-10)22-3/h4-5H,1-3H3,(H2,13,14,15,16,17,19). The van der Waals surface area contributed by atoms with Gasteiger partial charge in [-0.1, -0.05) is 0 Å². The van der Waals surface area contributed by atoms with E-state index in [1.807, 2.05) is 0 Å². The van der Waals surface area contributed by atoms with Crippen molar-refractivity contribution in [1.82, 2.24) is 19.7 Å². The molecule has 0 radical (unpaired) electrons. The molecule has 0 spiro atoms. The first-order valence-corrected chi connectivity index (χ1v) is 8.78. The zero-order valence-electron chi connectivity index (χ0n) is 12.9. The molecule has 2 rings (SSSR count). The van der Waals surface area contributed by atoms with Crippen LogP contribution in [0, 0.1) is 6.92 Å². The van der Waals surface area contributed by atoms with Crippen molar-refractivity contribution in [2.45, 2.75) is 18.7 Å². The fourth-order valence-electron chi connectivity index (χ4n) is 1.67. The summed E-state index contributed by atoms with van der Waals surface area (Å²) >= 11 is 0.973. The second-order valence-electron chi connectivity index (χ2n) is 4.42. The van der Waals surface area contributed by atoms with Crippen LogP contribution in [-0.4, -0.2) is 42.3 Å². The number of hydrogen-bond donors (Lipinski definition) is 2. The van der Waals surface area contributed by atoms with E-state index in [1.165, 1.54) is 25.5 Å². The monoisotopic (exact) mass is 371 g/mol. The van der Waals surface area contributed by atoms with Gasteiger partial charge in [-0.05, 0) is 25.3 Å². The molecule has 0 aliphatic rings. The lowest BCUT2D eigenvalue weighted by Gasteiger charge is -2.08. The van der Waals surface area contributed by atoms with E-state index < -0.39 is 21.8 Å². The van der Waals surface area contributed by atoms with Crippen molar-refractivity contribution in [3.8, 4) is 6.01 Å². The van der Waals surface area contributed by atoms with E-state index >= 15 is 0 Å². The van der Waals surface area contributed by atoms with Gasteiger partial charge in [0, 0.05) is 0 Å². The minimum absolute atomic E-state index is 0.0302. The Balaban J connectivity index is 2.18. The number of sulfonamides is 1. The zero-order valence-corrected chi connectivity index (χ0v) is 14.5. The van der Waals surface area contributed by atoms with Crippen LogP contribution >= 0.6 is 11.3 Å². The molecular formula is C12H13N5O5S2. The highest BCUT2D eigenvalue weighted by molar-refractivity contribution is 7.90. The number of aromatic nitrogens is 3. The first kappa shape index (κ1) is 17.7. The number of anilines is 1. The third-order valence-corrected chi connectivity index (χ3v) is 5.12. The number of Topliss-reactive ketones (excluding diaryl/α,β-unsaturated/α-hetero) is 1. The Morgan fingerprint density at radius 2 is 1.96 bits per heavy atom. The van der Waals surface area contributed by atoms with Crippen LogP contribution in [0.25, 0.3) is 0 Å². The first-order valence-electron chi connectivity index (χ1n) is 6.42. The van der Waals surface area contributed by atoms with Gasteiger partial charge in [-0.3, -0.25) is 10.1 Å². The molecule has 2 aromatic heterocycles. The summed E-state index contributed by atoms with van der Waals surface area (Å²) in [6.07, 6.45) is 0. The molecule has 0 unspecified atom stereocenters. The average Bonchev–Trinajstić information content (AvgIpc) is 2.96. The zero-order chi connectivity index (χ0) is 17.9. The van der Waals surface area contributed by atoms with Crippen LogP contribution in [0.15, 0.2) is 16.3 Å². The van der Waals surface area contributed by atoms with Crippen LogP contribution in [0.4, 0.5) is 10.7 Å². The van der Waals surface area contributed by atoms with Crippen LogP contribution in [0.3, 0.4) is 0 Å². The molecule has 0 aliphatic heterocycles. The van der Waals surface area contributed by atoms with E-state index in [9.17, 15) is 18.0 Å². The van der Waals surface area contributed by atoms with Crippen LogP contribution < -0.4 is 14.8 Å². The summed E-state index contributed by atoms with van der Waals surface area (Å²) in [7, 11) is -2.88. The van der Waals surface area contributed by atoms with E-state index in [4.69, 9.17) is 4.74 Å². The molecule has 12 heteroatoms. The van der Waals surface area contributed by atoms with Gasteiger partial charge in [0.2, 0.25) is 5.95 Å². The van der Waals surface area contributed by atoms with Gasteiger partial charge >= 0.3 is 12.0 Å². The van der Waals surface area contributed by atoms with Crippen LogP contribution in [0.2, 0.25) is 0 Å². The molecule has 0 bridgehead atoms. The molecule has 2 aromatic rings. The summed E-state index contributed by atoms with van der Waals surface area (Å²) in [6, 6.07) is 0.133. The highest BCUT2D eigenvalue weighted by Gasteiger charge is 2.24. The Morgan fingerprint density at radius 3 is 2.58 bits per heavy atom. The number of rotatable bonds is 5. The molecule has 128 valence electrons. The lowest BCUT2D eigenvalue weighted by Crippen LogP contribution is -2.35. The molecule has 24 heavy (non-hydrogen) atoms. The van der Waals surface area contributed by atoms with E-state index in [2.05, 4.69) is 20.3 Å². The van der Waals surface area contributed by atoms with Gasteiger partial charge in [-0.25, -0.2) is 17.9 Å². The minimum atomic E-state index is -4.21. The van der Waals surface area contributed by atoms with Crippen molar-refractivity contribution in [1.29, 1.82) is 0 Å². The lowest BCUT2D eigenvalue weighted by molar-refractivity contribution is 0.101. The second kappa shape index (κ2) is 6.88. The maximum atomic E-state index is 12.2. The highest BCUT2D eigenvalue weighted by atomic mass is 32.2.